The fraction of sp³-hybridized carbons (Fsp3) is 1.00. The lowest BCUT2D eigenvalue weighted by Gasteiger charge is -2.76. The Morgan fingerprint density at radius 1 is 0.882 bits per heavy atom. The highest BCUT2D eigenvalue weighted by Gasteiger charge is 2.70. The first kappa shape index (κ1) is 9.93. The third kappa shape index (κ3) is 0.911. The topological polar surface area (TPSA) is 0 Å². The molecular weight excluding hydrogens is 203 g/mol. The normalized spacial score (nSPS) is 67.7. The van der Waals surface area contributed by atoms with Crippen molar-refractivity contribution in [2.45, 2.75) is 51.3 Å². The molecule has 0 N–H and O–H groups in total. The largest absolute Gasteiger partial charge is 0.0741 e. The Kier molecular flexibility index (Phi) is 1.64. The van der Waals surface area contributed by atoms with Crippen molar-refractivity contribution in [1.29, 1.82) is 0 Å². The Morgan fingerprint density at radius 3 is 2.06 bits per heavy atom. The molecule has 0 aromatic rings. The Hall–Kier alpha value is 0.0649. The first-order valence-corrected chi connectivity index (χ1v) is 7.95. The molecular formula is C16H23B. The minimum atomic E-state index is 0.464. The first-order valence-electron chi connectivity index (χ1n) is 7.95. The van der Waals surface area contributed by atoms with Gasteiger partial charge in [-0.1, -0.05) is 12.7 Å². The second-order valence-electron chi connectivity index (χ2n) is 8.22. The van der Waals surface area contributed by atoms with Gasteiger partial charge in [0.2, 0.25) is 0 Å². The van der Waals surface area contributed by atoms with Gasteiger partial charge in [-0.05, 0) is 85.4 Å². The van der Waals surface area contributed by atoms with Crippen molar-refractivity contribution in [1.82, 2.24) is 0 Å². The fourth-order valence-corrected chi connectivity index (χ4v) is 7.89. The highest BCUT2D eigenvalue weighted by Crippen LogP contribution is 2.78. The van der Waals surface area contributed by atoms with Gasteiger partial charge in [0.25, 0.3) is 0 Å². The molecule has 8 bridgehead atoms. The zero-order valence-electron chi connectivity index (χ0n) is 10.9. The van der Waals surface area contributed by atoms with E-state index in [1.54, 1.807) is 32.1 Å². The molecule has 5 unspecified atom stereocenters. The van der Waals surface area contributed by atoms with Crippen LogP contribution in [0.5, 0.6) is 0 Å². The SMILES string of the molecule is [B]C(C)C12CC3CC4C5CC(CC41)CC2C5C3. The van der Waals surface area contributed by atoms with Crippen molar-refractivity contribution in [3.05, 3.63) is 0 Å². The summed E-state index contributed by atoms with van der Waals surface area (Å²) in [6.07, 6.45) is 9.38. The summed E-state index contributed by atoms with van der Waals surface area (Å²) in [6, 6.07) is 0. The molecule has 0 saturated heterocycles. The van der Waals surface area contributed by atoms with E-state index in [2.05, 4.69) is 6.92 Å². The summed E-state index contributed by atoms with van der Waals surface area (Å²) in [6.45, 7) is 2.34. The molecule has 7 aliphatic rings. The second-order valence-corrected chi connectivity index (χ2v) is 8.22. The molecule has 0 spiro atoms. The Bertz CT molecular complexity index is 350. The van der Waals surface area contributed by atoms with Crippen LogP contribution in [0.2, 0.25) is 5.82 Å². The van der Waals surface area contributed by atoms with Crippen molar-refractivity contribution in [2.24, 2.45) is 46.8 Å². The summed E-state index contributed by atoms with van der Waals surface area (Å²) >= 11 is 0. The van der Waals surface area contributed by atoms with Crippen LogP contribution >= 0.6 is 0 Å². The molecule has 7 fully saturated rings. The zero-order valence-corrected chi connectivity index (χ0v) is 10.9. The highest BCUT2D eigenvalue weighted by atomic mass is 14.7. The summed E-state index contributed by atoms with van der Waals surface area (Å²) in [5.74, 6) is 8.05. The van der Waals surface area contributed by atoms with Crippen molar-refractivity contribution in [3.8, 4) is 0 Å². The quantitative estimate of drug-likeness (QED) is 0.598. The van der Waals surface area contributed by atoms with E-state index in [1.165, 1.54) is 6.42 Å². The van der Waals surface area contributed by atoms with E-state index < -0.39 is 0 Å². The van der Waals surface area contributed by atoms with E-state index in [4.69, 9.17) is 7.85 Å². The van der Waals surface area contributed by atoms with Crippen LogP contribution in [-0.4, -0.2) is 7.85 Å². The lowest BCUT2D eigenvalue weighted by atomic mass is 9.28. The van der Waals surface area contributed by atoms with Gasteiger partial charge in [-0.3, -0.25) is 0 Å². The summed E-state index contributed by atoms with van der Waals surface area (Å²) in [4.78, 5) is 0. The van der Waals surface area contributed by atoms with Crippen LogP contribution in [0.25, 0.3) is 0 Å². The number of hydrogen-bond donors (Lipinski definition) is 0. The van der Waals surface area contributed by atoms with Gasteiger partial charge in [0.05, 0.1) is 7.85 Å². The maximum Gasteiger partial charge on any atom is 0.0703 e. The van der Waals surface area contributed by atoms with Gasteiger partial charge >= 0.3 is 0 Å². The standard InChI is InChI=1S/C16H23B/c1-8(17)16-7-10-3-12-11-2-9(5-14(12)16)6-15(16)13(11)4-10/h8-15H,2-7H2,1H3. The molecule has 17 heavy (non-hydrogen) atoms. The lowest BCUT2D eigenvalue weighted by Crippen LogP contribution is -2.68. The van der Waals surface area contributed by atoms with Crippen LogP contribution in [0.4, 0.5) is 0 Å². The molecule has 0 nitrogen and oxygen atoms in total. The van der Waals surface area contributed by atoms with E-state index in [1.807, 2.05) is 0 Å². The van der Waals surface area contributed by atoms with Crippen LogP contribution in [-0.2, 0) is 0 Å². The highest BCUT2D eigenvalue weighted by molar-refractivity contribution is 6.12. The van der Waals surface area contributed by atoms with E-state index in [9.17, 15) is 0 Å². The van der Waals surface area contributed by atoms with E-state index in [0.29, 0.717) is 11.2 Å². The molecule has 7 rings (SSSR count). The zero-order chi connectivity index (χ0) is 11.4. The third-order valence-corrected chi connectivity index (χ3v) is 8.00. The molecule has 90 valence electrons. The molecule has 5 atom stereocenters. The van der Waals surface area contributed by atoms with Gasteiger partial charge < -0.3 is 0 Å². The van der Waals surface area contributed by atoms with Gasteiger partial charge in [-0.15, -0.1) is 0 Å². The van der Waals surface area contributed by atoms with Gasteiger partial charge in [-0.2, -0.15) is 0 Å². The van der Waals surface area contributed by atoms with Gasteiger partial charge in [0.15, 0.2) is 0 Å². The van der Waals surface area contributed by atoms with Gasteiger partial charge in [0.1, 0.15) is 0 Å². The van der Waals surface area contributed by atoms with Crippen molar-refractivity contribution < 1.29 is 0 Å². The third-order valence-electron chi connectivity index (χ3n) is 8.00. The van der Waals surface area contributed by atoms with Crippen LogP contribution < -0.4 is 0 Å². The summed E-state index contributed by atoms with van der Waals surface area (Å²) in [5, 5.41) is 0. The number of hydrogen-bond acceptors (Lipinski definition) is 0. The molecule has 2 radical (unpaired) electrons. The predicted octanol–water partition coefficient (Wildman–Crippen LogP) is 3.67. The minimum Gasteiger partial charge on any atom is -0.0741 e. The van der Waals surface area contributed by atoms with Gasteiger partial charge in [0, 0.05) is 0 Å². The maximum absolute atomic E-state index is 6.54. The van der Waals surface area contributed by atoms with Crippen molar-refractivity contribution >= 4 is 7.85 Å². The van der Waals surface area contributed by atoms with E-state index >= 15 is 0 Å². The Morgan fingerprint density at radius 2 is 1.47 bits per heavy atom. The molecule has 0 aromatic heterocycles. The lowest BCUT2D eigenvalue weighted by molar-refractivity contribution is -0.255. The molecule has 1 heteroatoms. The van der Waals surface area contributed by atoms with Crippen molar-refractivity contribution in [3.63, 3.8) is 0 Å². The van der Waals surface area contributed by atoms with Crippen LogP contribution in [0, 0.1) is 46.8 Å². The Balaban J connectivity index is 1.71. The minimum absolute atomic E-state index is 0.464. The molecule has 0 heterocycles. The van der Waals surface area contributed by atoms with E-state index in [-0.39, 0.29) is 0 Å². The fourth-order valence-electron chi connectivity index (χ4n) is 7.89. The first-order chi connectivity index (χ1) is 8.20. The molecule has 7 saturated carbocycles. The van der Waals surface area contributed by atoms with Crippen LogP contribution in [0.1, 0.15) is 45.4 Å². The molecule has 0 aromatic carbocycles. The molecule has 0 aliphatic heterocycles. The average Bonchev–Trinajstić information content (AvgIpc) is 2.34. The van der Waals surface area contributed by atoms with Crippen LogP contribution in [0.3, 0.4) is 0 Å². The second kappa shape index (κ2) is 2.80. The maximum atomic E-state index is 6.54. The van der Waals surface area contributed by atoms with Crippen molar-refractivity contribution in [2.75, 3.05) is 0 Å². The average molecular weight is 226 g/mol. The molecule has 7 aliphatic carbocycles. The monoisotopic (exact) mass is 226 g/mol. The molecule has 0 amide bonds. The summed E-state index contributed by atoms with van der Waals surface area (Å²) in [7, 11) is 6.54. The predicted molar refractivity (Wildman–Crippen MR) is 69.7 cm³/mol. The van der Waals surface area contributed by atoms with Gasteiger partial charge in [-0.25, -0.2) is 0 Å². The number of rotatable bonds is 1. The smallest absolute Gasteiger partial charge is 0.0703 e. The van der Waals surface area contributed by atoms with E-state index in [0.717, 1.165) is 41.4 Å². The summed E-state index contributed by atoms with van der Waals surface area (Å²) < 4.78 is 0. The summed E-state index contributed by atoms with van der Waals surface area (Å²) in [5.41, 5.74) is 0.601. The Labute approximate surface area is 106 Å². The van der Waals surface area contributed by atoms with Crippen LogP contribution in [0.15, 0.2) is 0 Å².